The second-order valence-corrected chi connectivity index (χ2v) is 10.5. The molecule has 0 aliphatic carbocycles. The molecular weight excluding hydrogens is 468 g/mol. The SMILES string of the molecule is Cc1cccc(-c2cccc(-c3ccccc3-c3ccccc3-c3cccc(-c4cc(C)cc(C)c4)c3)c2)c1. The zero-order chi connectivity index (χ0) is 26.8. The Balaban J connectivity index is 1.46. The first-order valence-electron chi connectivity index (χ1n) is 13.6. The number of hydrogen-bond acceptors (Lipinski definition) is 0. The fraction of sp³-hybridized carbons (Fsp3) is 0.0769. The van der Waals surface area contributed by atoms with E-state index in [-0.39, 0.29) is 0 Å². The highest BCUT2D eigenvalue weighted by Crippen LogP contribution is 2.40. The molecule has 6 aromatic rings. The van der Waals surface area contributed by atoms with Gasteiger partial charge in [0.15, 0.2) is 0 Å². The molecule has 0 saturated carbocycles. The highest BCUT2D eigenvalue weighted by Gasteiger charge is 2.13. The van der Waals surface area contributed by atoms with Crippen molar-refractivity contribution in [3.8, 4) is 55.6 Å². The molecule has 0 bridgehead atoms. The topological polar surface area (TPSA) is 0 Å². The van der Waals surface area contributed by atoms with E-state index in [1.807, 2.05) is 0 Å². The highest BCUT2D eigenvalue weighted by molar-refractivity contribution is 5.93. The molecule has 0 atom stereocenters. The quantitative estimate of drug-likeness (QED) is 0.221. The fourth-order valence-electron chi connectivity index (χ4n) is 5.64. The van der Waals surface area contributed by atoms with E-state index in [0.29, 0.717) is 0 Å². The molecule has 39 heavy (non-hydrogen) atoms. The molecule has 188 valence electrons. The maximum absolute atomic E-state index is 2.33. The molecule has 0 aliphatic heterocycles. The van der Waals surface area contributed by atoms with Crippen LogP contribution in [0, 0.1) is 20.8 Å². The number of rotatable bonds is 5. The third-order valence-electron chi connectivity index (χ3n) is 7.40. The Bertz CT molecular complexity index is 1770. The first kappa shape index (κ1) is 24.6. The van der Waals surface area contributed by atoms with Gasteiger partial charge in [0.25, 0.3) is 0 Å². The fourth-order valence-corrected chi connectivity index (χ4v) is 5.64. The molecule has 0 spiro atoms. The molecule has 0 aromatic heterocycles. The van der Waals surface area contributed by atoms with Crippen molar-refractivity contribution in [3.63, 3.8) is 0 Å². The summed E-state index contributed by atoms with van der Waals surface area (Å²) in [6.07, 6.45) is 0. The van der Waals surface area contributed by atoms with Crippen LogP contribution in [-0.4, -0.2) is 0 Å². The molecule has 0 saturated heterocycles. The van der Waals surface area contributed by atoms with Crippen LogP contribution >= 0.6 is 0 Å². The van der Waals surface area contributed by atoms with E-state index in [2.05, 4.69) is 160 Å². The molecule has 0 amide bonds. The van der Waals surface area contributed by atoms with E-state index in [1.165, 1.54) is 72.3 Å². The van der Waals surface area contributed by atoms with Gasteiger partial charge in [-0.15, -0.1) is 0 Å². The number of benzene rings is 6. The zero-order valence-corrected chi connectivity index (χ0v) is 22.8. The second kappa shape index (κ2) is 10.6. The van der Waals surface area contributed by atoms with Crippen LogP contribution in [0.25, 0.3) is 55.6 Å². The molecule has 0 N–H and O–H groups in total. The van der Waals surface area contributed by atoms with Crippen LogP contribution in [0.2, 0.25) is 0 Å². The van der Waals surface area contributed by atoms with E-state index in [4.69, 9.17) is 0 Å². The van der Waals surface area contributed by atoms with Gasteiger partial charge in [0.1, 0.15) is 0 Å². The summed E-state index contributed by atoms with van der Waals surface area (Å²) >= 11 is 0. The predicted octanol–water partition coefficient (Wildman–Crippen LogP) is 10.9. The van der Waals surface area contributed by atoms with Crippen molar-refractivity contribution in [2.45, 2.75) is 20.8 Å². The average Bonchev–Trinajstić information content (AvgIpc) is 2.97. The van der Waals surface area contributed by atoms with Crippen LogP contribution in [-0.2, 0) is 0 Å². The Morgan fingerprint density at radius 1 is 0.256 bits per heavy atom. The lowest BCUT2D eigenvalue weighted by Gasteiger charge is -2.16. The van der Waals surface area contributed by atoms with Gasteiger partial charge in [-0.1, -0.05) is 144 Å². The summed E-state index contributed by atoms with van der Waals surface area (Å²) in [5.41, 5.74) is 16.3. The van der Waals surface area contributed by atoms with Crippen molar-refractivity contribution < 1.29 is 0 Å². The standard InChI is InChI=1S/C39H32/c1-27-11-8-12-30(22-27)31-13-9-15-33(25-31)36-17-4-6-19-38(36)39-20-7-5-18-37(39)34-16-10-14-32(26-34)35-23-28(2)21-29(3)24-35/h4-26H,1-3H3. The monoisotopic (exact) mass is 500 g/mol. The van der Waals surface area contributed by atoms with Crippen LogP contribution in [0.1, 0.15) is 16.7 Å². The third kappa shape index (κ3) is 5.19. The van der Waals surface area contributed by atoms with Crippen molar-refractivity contribution in [1.29, 1.82) is 0 Å². The van der Waals surface area contributed by atoms with Gasteiger partial charge >= 0.3 is 0 Å². The molecule has 0 heteroatoms. The lowest BCUT2D eigenvalue weighted by molar-refractivity contribution is 1.38. The van der Waals surface area contributed by atoms with Crippen molar-refractivity contribution in [2.24, 2.45) is 0 Å². The van der Waals surface area contributed by atoms with Crippen LogP contribution < -0.4 is 0 Å². The average molecular weight is 501 g/mol. The van der Waals surface area contributed by atoms with E-state index in [1.54, 1.807) is 0 Å². The van der Waals surface area contributed by atoms with Gasteiger partial charge in [-0.25, -0.2) is 0 Å². The lowest BCUT2D eigenvalue weighted by Crippen LogP contribution is -1.90. The Kier molecular flexibility index (Phi) is 6.69. The summed E-state index contributed by atoms with van der Waals surface area (Å²) < 4.78 is 0. The molecule has 0 radical (unpaired) electrons. The first-order chi connectivity index (χ1) is 19.0. The number of hydrogen-bond donors (Lipinski definition) is 0. The van der Waals surface area contributed by atoms with Gasteiger partial charge in [0.2, 0.25) is 0 Å². The smallest absolute Gasteiger partial charge is 0.00992 e. The van der Waals surface area contributed by atoms with Crippen molar-refractivity contribution in [3.05, 3.63) is 156 Å². The second-order valence-electron chi connectivity index (χ2n) is 10.5. The maximum Gasteiger partial charge on any atom is -0.00992 e. The Morgan fingerprint density at radius 3 is 1.15 bits per heavy atom. The minimum Gasteiger partial charge on any atom is -0.0616 e. The highest BCUT2D eigenvalue weighted by atomic mass is 14.2. The van der Waals surface area contributed by atoms with Gasteiger partial charge in [-0.05, 0) is 88.5 Å². The minimum absolute atomic E-state index is 1.23. The van der Waals surface area contributed by atoms with E-state index in [9.17, 15) is 0 Å². The van der Waals surface area contributed by atoms with Gasteiger partial charge in [0.05, 0.1) is 0 Å². The molecular formula is C39H32. The molecule has 6 rings (SSSR count). The molecule has 0 heterocycles. The minimum atomic E-state index is 1.23. The van der Waals surface area contributed by atoms with Crippen molar-refractivity contribution in [2.75, 3.05) is 0 Å². The van der Waals surface area contributed by atoms with Crippen LogP contribution in [0.15, 0.2) is 140 Å². The molecule has 6 aromatic carbocycles. The maximum atomic E-state index is 2.33. The summed E-state index contributed by atoms with van der Waals surface area (Å²) in [6, 6.07) is 50.9. The summed E-state index contributed by atoms with van der Waals surface area (Å²) in [6.45, 7) is 6.48. The Labute approximate surface area is 232 Å². The summed E-state index contributed by atoms with van der Waals surface area (Å²) in [7, 11) is 0. The van der Waals surface area contributed by atoms with E-state index in [0.717, 1.165) is 0 Å². The van der Waals surface area contributed by atoms with E-state index < -0.39 is 0 Å². The molecule has 0 fully saturated rings. The molecule has 0 nitrogen and oxygen atoms in total. The Hall–Kier alpha value is -4.68. The van der Waals surface area contributed by atoms with Crippen LogP contribution in [0.3, 0.4) is 0 Å². The largest absolute Gasteiger partial charge is 0.0616 e. The van der Waals surface area contributed by atoms with Gasteiger partial charge in [-0.2, -0.15) is 0 Å². The van der Waals surface area contributed by atoms with E-state index >= 15 is 0 Å². The van der Waals surface area contributed by atoms with Gasteiger partial charge < -0.3 is 0 Å². The normalized spacial score (nSPS) is 10.9. The van der Waals surface area contributed by atoms with Crippen LogP contribution in [0.5, 0.6) is 0 Å². The zero-order valence-electron chi connectivity index (χ0n) is 22.8. The number of aryl methyl sites for hydroxylation is 3. The van der Waals surface area contributed by atoms with Gasteiger partial charge in [-0.3, -0.25) is 0 Å². The van der Waals surface area contributed by atoms with Crippen molar-refractivity contribution >= 4 is 0 Å². The van der Waals surface area contributed by atoms with Crippen LogP contribution in [0.4, 0.5) is 0 Å². The van der Waals surface area contributed by atoms with Crippen molar-refractivity contribution in [1.82, 2.24) is 0 Å². The summed E-state index contributed by atoms with van der Waals surface area (Å²) in [5.74, 6) is 0. The lowest BCUT2D eigenvalue weighted by atomic mass is 9.88. The van der Waals surface area contributed by atoms with Gasteiger partial charge in [0, 0.05) is 0 Å². The Morgan fingerprint density at radius 2 is 0.641 bits per heavy atom. The third-order valence-corrected chi connectivity index (χ3v) is 7.40. The summed E-state index contributed by atoms with van der Waals surface area (Å²) in [5, 5.41) is 0. The summed E-state index contributed by atoms with van der Waals surface area (Å²) in [4.78, 5) is 0. The first-order valence-corrected chi connectivity index (χ1v) is 13.6. The molecule has 0 unspecified atom stereocenters. The predicted molar refractivity (Wildman–Crippen MR) is 168 cm³/mol. The molecule has 0 aliphatic rings.